The molecule has 2 rings (SSSR count). The highest BCUT2D eigenvalue weighted by Crippen LogP contribution is 2.36. The van der Waals surface area contributed by atoms with Crippen molar-refractivity contribution >= 4 is 5.91 Å². The third-order valence-electron chi connectivity index (χ3n) is 5.27. The second-order valence-electron chi connectivity index (χ2n) is 6.57. The van der Waals surface area contributed by atoms with Gasteiger partial charge in [-0.3, -0.25) is 4.79 Å². The summed E-state index contributed by atoms with van der Waals surface area (Å²) in [6.45, 7) is 5.19. The monoisotopic (exact) mass is 335 g/mol. The smallest absolute Gasteiger partial charge is 0.231 e. The molecule has 134 valence electrons. The summed E-state index contributed by atoms with van der Waals surface area (Å²) in [7, 11) is 1.63. The molecule has 1 aromatic carbocycles. The Morgan fingerprint density at radius 1 is 1.33 bits per heavy atom. The second-order valence-corrected chi connectivity index (χ2v) is 6.57. The zero-order valence-electron chi connectivity index (χ0n) is 14.9. The van der Waals surface area contributed by atoms with Gasteiger partial charge in [0.25, 0.3) is 0 Å². The van der Waals surface area contributed by atoms with Crippen LogP contribution in [0.2, 0.25) is 0 Å². The van der Waals surface area contributed by atoms with Crippen molar-refractivity contribution < 1.29 is 19.4 Å². The Morgan fingerprint density at radius 3 is 2.46 bits per heavy atom. The largest absolute Gasteiger partial charge is 0.497 e. The minimum absolute atomic E-state index is 0.0182. The molecular formula is C19H29NO4. The summed E-state index contributed by atoms with van der Waals surface area (Å²) in [5.74, 6) is 0.983. The molecule has 24 heavy (non-hydrogen) atoms. The van der Waals surface area contributed by atoms with E-state index in [-0.39, 0.29) is 24.5 Å². The number of amides is 1. The van der Waals surface area contributed by atoms with Crippen LogP contribution in [0, 0.1) is 5.92 Å². The van der Waals surface area contributed by atoms with Crippen molar-refractivity contribution in [3.8, 4) is 5.75 Å². The lowest BCUT2D eigenvalue weighted by atomic mass is 9.73. The van der Waals surface area contributed by atoms with Crippen LogP contribution in [-0.4, -0.2) is 44.0 Å². The van der Waals surface area contributed by atoms with Crippen LogP contribution in [0.3, 0.4) is 0 Å². The van der Waals surface area contributed by atoms with E-state index in [4.69, 9.17) is 9.47 Å². The van der Waals surface area contributed by atoms with E-state index in [0.29, 0.717) is 26.1 Å². The van der Waals surface area contributed by atoms with E-state index >= 15 is 0 Å². The normalized spacial score (nSPS) is 19.3. The lowest BCUT2D eigenvalue weighted by Gasteiger charge is -2.38. The first-order valence-electron chi connectivity index (χ1n) is 8.71. The number of hydrogen-bond donors (Lipinski definition) is 2. The number of nitrogens with one attached hydrogen (secondary N) is 1. The van der Waals surface area contributed by atoms with Crippen molar-refractivity contribution in [2.45, 2.75) is 44.6 Å². The van der Waals surface area contributed by atoms with E-state index in [2.05, 4.69) is 12.2 Å². The van der Waals surface area contributed by atoms with E-state index < -0.39 is 5.41 Å². The fourth-order valence-electron chi connectivity index (χ4n) is 3.24. The average molecular weight is 335 g/mol. The maximum absolute atomic E-state index is 13.2. The van der Waals surface area contributed by atoms with Crippen LogP contribution in [0.5, 0.6) is 5.75 Å². The number of ether oxygens (including phenoxy) is 2. The molecule has 0 aliphatic carbocycles. The first-order chi connectivity index (χ1) is 11.6. The van der Waals surface area contributed by atoms with Crippen molar-refractivity contribution in [2.24, 2.45) is 5.92 Å². The van der Waals surface area contributed by atoms with Gasteiger partial charge in [0, 0.05) is 13.2 Å². The SMILES string of the molecule is CC[C@H](C)[C@H](CO)NC(=O)C1(c2ccc(OC)cc2)CCOCC1. The zero-order chi connectivity index (χ0) is 17.6. The predicted octanol–water partition coefficient (Wildman–Crippen LogP) is 2.27. The molecule has 0 saturated carbocycles. The Morgan fingerprint density at radius 2 is 1.96 bits per heavy atom. The summed E-state index contributed by atoms with van der Waals surface area (Å²) in [5, 5.41) is 12.7. The summed E-state index contributed by atoms with van der Waals surface area (Å²) in [6.07, 6.45) is 2.19. The molecule has 1 saturated heterocycles. The van der Waals surface area contributed by atoms with Gasteiger partial charge in [-0.1, -0.05) is 32.4 Å². The predicted molar refractivity (Wildman–Crippen MR) is 93.2 cm³/mol. The van der Waals surface area contributed by atoms with Crippen LogP contribution in [0.25, 0.3) is 0 Å². The molecule has 2 atom stereocenters. The van der Waals surface area contributed by atoms with Gasteiger partial charge in [-0.25, -0.2) is 0 Å². The fourth-order valence-corrected chi connectivity index (χ4v) is 3.24. The number of aliphatic hydroxyl groups excluding tert-OH is 1. The Labute approximate surface area is 144 Å². The van der Waals surface area contributed by atoms with Gasteiger partial charge in [-0.2, -0.15) is 0 Å². The average Bonchev–Trinajstić information content (AvgIpc) is 2.65. The Kier molecular flexibility index (Phi) is 6.63. The van der Waals surface area contributed by atoms with Crippen molar-refractivity contribution in [3.63, 3.8) is 0 Å². The van der Waals surface area contributed by atoms with E-state index in [9.17, 15) is 9.90 Å². The van der Waals surface area contributed by atoms with Gasteiger partial charge in [0.15, 0.2) is 0 Å². The van der Waals surface area contributed by atoms with Gasteiger partial charge < -0.3 is 19.9 Å². The minimum atomic E-state index is -0.606. The molecule has 5 heteroatoms. The van der Waals surface area contributed by atoms with E-state index in [0.717, 1.165) is 17.7 Å². The molecule has 0 bridgehead atoms. The lowest BCUT2D eigenvalue weighted by molar-refractivity contribution is -0.132. The van der Waals surface area contributed by atoms with Gasteiger partial charge >= 0.3 is 0 Å². The number of hydrogen-bond acceptors (Lipinski definition) is 4. The van der Waals surface area contributed by atoms with Crippen LogP contribution in [-0.2, 0) is 14.9 Å². The molecule has 1 amide bonds. The molecule has 1 aromatic rings. The zero-order valence-corrected chi connectivity index (χ0v) is 14.9. The third kappa shape index (κ3) is 3.90. The molecule has 0 radical (unpaired) electrons. The van der Waals surface area contributed by atoms with Crippen molar-refractivity contribution in [2.75, 3.05) is 26.9 Å². The Bertz CT molecular complexity index is 523. The summed E-state index contributed by atoms with van der Waals surface area (Å²) in [4.78, 5) is 13.2. The van der Waals surface area contributed by atoms with Gasteiger partial charge in [0.1, 0.15) is 5.75 Å². The molecule has 1 heterocycles. The van der Waals surface area contributed by atoms with Gasteiger partial charge in [0.05, 0.1) is 25.2 Å². The summed E-state index contributed by atoms with van der Waals surface area (Å²) in [6, 6.07) is 7.47. The molecule has 5 nitrogen and oxygen atoms in total. The van der Waals surface area contributed by atoms with Crippen molar-refractivity contribution in [1.29, 1.82) is 0 Å². The quantitative estimate of drug-likeness (QED) is 0.802. The molecule has 2 N–H and O–H groups in total. The van der Waals surface area contributed by atoms with Crippen LogP contribution < -0.4 is 10.1 Å². The summed E-state index contributed by atoms with van der Waals surface area (Å²) >= 11 is 0. The number of carbonyl (C=O) groups excluding carboxylic acids is 1. The van der Waals surface area contributed by atoms with E-state index in [1.165, 1.54) is 0 Å². The molecule has 1 aliphatic heterocycles. The number of carbonyl (C=O) groups is 1. The molecular weight excluding hydrogens is 306 g/mol. The second kappa shape index (κ2) is 8.49. The van der Waals surface area contributed by atoms with E-state index in [1.54, 1.807) is 7.11 Å². The molecule has 0 aromatic heterocycles. The number of methoxy groups -OCH3 is 1. The first kappa shape index (κ1) is 18.7. The topological polar surface area (TPSA) is 67.8 Å². The van der Waals surface area contributed by atoms with E-state index in [1.807, 2.05) is 31.2 Å². The summed E-state index contributed by atoms with van der Waals surface area (Å²) < 4.78 is 10.7. The third-order valence-corrected chi connectivity index (χ3v) is 5.27. The molecule has 1 aliphatic rings. The highest BCUT2D eigenvalue weighted by Gasteiger charge is 2.42. The fraction of sp³-hybridized carbons (Fsp3) is 0.632. The minimum Gasteiger partial charge on any atom is -0.497 e. The van der Waals surface area contributed by atoms with Gasteiger partial charge in [0.2, 0.25) is 5.91 Å². The van der Waals surface area contributed by atoms with Crippen molar-refractivity contribution in [1.82, 2.24) is 5.32 Å². The Hall–Kier alpha value is -1.59. The van der Waals surface area contributed by atoms with Gasteiger partial charge in [-0.05, 0) is 36.5 Å². The van der Waals surface area contributed by atoms with Crippen LogP contribution in [0.15, 0.2) is 24.3 Å². The summed E-state index contributed by atoms with van der Waals surface area (Å²) in [5.41, 5.74) is 0.371. The lowest BCUT2D eigenvalue weighted by Crippen LogP contribution is -2.53. The first-order valence-corrected chi connectivity index (χ1v) is 8.71. The molecule has 0 unspecified atom stereocenters. The maximum atomic E-state index is 13.2. The van der Waals surface area contributed by atoms with Crippen LogP contribution in [0.1, 0.15) is 38.7 Å². The van der Waals surface area contributed by atoms with Gasteiger partial charge in [-0.15, -0.1) is 0 Å². The highest BCUT2D eigenvalue weighted by atomic mass is 16.5. The number of aliphatic hydroxyl groups is 1. The maximum Gasteiger partial charge on any atom is 0.231 e. The van der Waals surface area contributed by atoms with Crippen LogP contribution in [0.4, 0.5) is 0 Å². The number of rotatable bonds is 7. The molecule has 1 fully saturated rings. The highest BCUT2D eigenvalue weighted by molar-refractivity contribution is 5.88. The Balaban J connectivity index is 2.27. The molecule has 0 spiro atoms. The van der Waals surface area contributed by atoms with Crippen molar-refractivity contribution in [3.05, 3.63) is 29.8 Å². The standard InChI is InChI=1S/C19H29NO4/c1-4-14(2)17(13-21)20-18(22)19(9-11-24-12-10-19)15-5-7-16(23-3)8-6-15/h5-8,14,17,21H,4,9-13H2,1-3H3,(H,20,22)/t14-,17-/m0/s1. The van der Waals surface area contributed by atoms with Crippen LogP contribution >= 0.6 is 0 Å². The number of benzene rings is 1.